The summed E-state index contributed by atoms with van der Waals surface area (Å²) < 4.78 is 7.32. The highest BCUT2D eigenvalue weighted by molar-refractivity contribution is 5.76. The largest absolute Gasteiger partial charge is 0.496 e. The van der Waals surface area contributed by atoms with E-state index < -0.39 is 0 Å². The zero-order valence-electron chi connectivity index (χ0n) is 16.8. The fourth-order valence-corrected chi connectivity index (χ4v) is 3.88. The number of carbonyl (C=O) groups excluding carboxylic acids is 1. The average Bonchev–Trinajstić information content (AvgIpc) is 3.37. The van der Waals surface area contributed by atoms with Crippen molar-refractivity contribution in [1.29, 1.82) is 0 Å². The second-order valence-electron chi connectivity index (χ2n) is 7.28. The molecule has 1 atom stereocenters. The first-order chi connectivity index (χ1) is 14.2. The third-order valence-corrected chi connectivity index (χ3v) is 5.42. The number of ether oxygens (including phenoxy) is 1. The molecule has 1 saturated heterocycles. The van der Waals surface area contributed by atoms with Crippen molar-refractivity contribution in [2.24, 2.45) is 0 Å². The molecule has 1 fully saturated rings. The van der Waals surface area contributed by atoms with E-state index in [1.54, 1.807) is 26.4 Å². The van der Waals surface area contributed by atoms with Crippen molar-refractivity contribution in [3.8, 4) is 5.75 Å². The summed E-state index contributed by atoms with van der Waals surface area (Å²) in [5.41, 5.74) is 3.70. The quantitative estimate of drug-likeness (QED) is 0.617. The molecule has 0 saturated carbocycles. The first-order valence-corrected chi connectivity index (χ1v) is 9.93. The molecule has 3 heterocycles. The van der Waals surface area contributed by atoms with Crippen molar-refractivity contribution in [3.63, 3.8) is 0 Å². The summed E-state index contributed by atoms with van der Waals surface area (Å²) in [4.78, 5) is 22.6. The Bertz CT molecular complexity index is 1000. The van der Waals surface area contributed by atoms with Gasteiger partial charge in [0, 0.05) is 57.0 Å². The number of hydrogen-bond acceptors (Lipinski definition) is 6. The number of benzene rings is 1. The molecule has 1 amide bonds. The minimum absolute atomic E-state index is 0.114. The number of nitrogens with zero attached hydrogens (tertiary/aromatic N) is 5. The SMILES string of the molecule is COc1ccccc1CNCCn1nc([C@@H]2CCN(C(C)=O)C2)c2nccnc21. The van der Waals surface area contributed by atoms with Crippen LogP contribution in [0, 0.1) is 0 Å². The Kier molecular flexibility index (Phi) is 5.71. The van der Waals surface area contributed by atoms with Gasteiger partial charge in [0.05, 0.1) is 19.3 Å². The lowest BCUT2D eigenvalue weighted by Gasteiger charge is -2.12. The van der Waals surface area contributed by atoms with Gasteiger partial charge in [-0.2, -0.15) is 5.10 Å². The van der Waals surface area contributed by atoms with Crippen LogP contribution in [-0.2, 0) is 17.9 Å². The Morgan fingerprint density at radius 2 is 2.10 bits per heavy atom. The van der Waals surface area contributed by atoms with Gasteiger partial charge in [-0.25, -0.2) is 14.6 Å². The van der Waals surface area contributed by atoms with Crippen LogP contribution in [0.15, 0.2) is 36.7 Å². The molecule has 4 rings (SSSR count). The minimum Gasteiger partial charge on any atom is -0.496 e. The van der Waals surface area contributed by atoms with Crippen LogP contribution in [0.2, 0.25) is 0 Å². The van der Waals surface area contributed by atoms with Gasteiger partial charge in [0.25, 0.3) is 0 Å². The molecule has 152 valence electrons. The highest BCUT2D eigenvalue weighted by Gasteiger charge is 2.30. The van der Waals surface area contributed by atoms with Gasteiger partial charge in [0.2, 0.25) is 5.91 Å². The summed E-state index contributed by atoms with van der Waals surface area (Å²) >= 11 is 0. The van der Waals surface area contributed by atoms with Gasteiger partial charge in [-0.3, -0.25) is 4.79 Å². The fraction of sp³-hybridized carbons (Fsp3) is 0.429. The predicted molar refractivity (Wildman–Crippen MR) is 110 cm³/mol. The van der Waals surface area contributed by atoms with Crippen molar-refractivity contribution in [2.45, 2.75) is 32.4 Å². The summed E-state index contributed by atoms with van der Waals surface area (Å²) in [6.07, 6.45) is 4.31. The molecule has 1 aliphatic heterocycles. The Labute approximate surface area is 169 Å². The van der Waals surface area contributed by atoms with E-state index in [-0.39, 0.29) is 11.8 Å². The monoisotopic (exact) mass is 394 g/mol. The molecule has 2 aromatic heterocycles. The van der Waals surface area contributed by atoms with Gasteiger partial charge in [-0.1, -0.05) is 18.2 Å². The molecule has 8 nitrogen and oxygen atoms in total. The van der Waals surface area contributed by atoms with E-state index in [0.717, 1.165) is 54.2 Å². The van der Waals surface area contributed by atoms with Gasteiger partial charge < -0.3 is 15.0 Å². The molecule has 29 heavy (non-hydrogen) atoms. The molecule has 0 bridgehead atoms. The van der Waals surface area contributed by atoms with E-state index in [0.29, 0.717) is 13.1 Å². The summed E-state index contributed by atoms with van der Waals surface area (Å²) in [6, 6.07) is 7.99. The number of hydrogen-bond donors (Lipinski definition) is 1. The maximum atomic E-state index is 11.7. The van der Waals surface area contributed by atoms with Crippen molar-refractivity contribution in [1.82, 2.24) is 30.0 Å². The number of nitrogens with one attached hydrogen (secondary N) is 1. The number of amides is 1. The normalized spacial score (nSPS) is 16.5. The van der Waals surface area contributed by atoms with Crippen LogP contribution in [0.4, 0.5) is 0 Å². The van der Waals surface area contributed by atoms with Gasteiger partial charge >= 0.3 is 0 Å². The number of aromatic nitrogens is 4. The number of carbonyl (C=O) groups is 1. The number of likely N-dealkylation sites (tertiary alicyclic amines) is 1. The summed E-state index contributed by atoms with van der Waals surface area (Å²) in [6.45, 7) is 5.24. The van der Waals surface area contributed by atoms with Crippen molar-refractivity contribution < 1.29 is 9.53 Å². The lowest BCUT2D eigenvalue weighted by molar-refractivity contribution is -0.127. The van der Waals surface area contributed by atoms with Crippen LogP contribution in [-0.4, -0.2) is 57.3 Å². The van der Waals surface area contributed by atoms with Crippen LogP contribution in [0.3, 0.4) is 0 Å². The van der Waals surface area contributed by atoms with Gasteiger partial charge in [0.1, 0.15) is 11.3 Å². The molecule has 0 unspecified atom stereocenters. The maximum Gasteiger partial charge on any atom is 0.219 e. The maximum absolute atomic E-state index is 11.7. The molecule has 0 spiro atoms. The molecule has 0 radical (unpaired) electrons. The number of methoxy groups -OCH3 is 1. The summed E-state index contributed by atoms with van der Waals surface area (Å²) in [7, 11) is 1.69. The second kappa shape index (κ2) is 8.57. The van der Waals surface area contributed by atoms with Crippen LogP contribution in [0.25, 0.3) is 11.2 Å². The Morgan fingerprint density at radius 3 is 2.90 bits per heavy atom. The molecule has 1 aliphatic rings. The van der Waals surface area contributed by atoms with Crippen LogP contribution in [0.5, 0.6) is 5.75 Å². The zero-order valence-corrected chi connectivity index (χ0v) is 16.8. The number of para-hydroxylation sites is 1. The van der Waals surface area contributed by atoms with Gasteiger partial charge in [-0.05, 0) is 12.5 Å². The zero-order chi connectivity index (χ0) is 20.2. The highest BCUT2D eigenvalue weighted by atomic mass is 16.5. The minimum atomic E-state index is 0.114. The van der Waals surface area contributed by atoms with E-state index in [1.165, 1.54) is 0 Å². The van der Waals surface area contributed by atoms with Crippen LogP contribution >= 0.6 is 0 Å². The van der Waals surface area contributed by atoms with E-state index in [9.17, 15) is 4.79 Å². The van der Waals surface area contributed by atoms with Crippen molar-refractivity contribution >= 4 is 17.1 Å². The lowest BCUT2D eigenvalue weighted by atomic mass is 10.0. The highest BCUT2D eigenvalue weighted by Crippen LogP contribution is 2.30. The van der Waals surface area contributed by atoms with E-state index in [2.05, 4.69) is 21.4 Å². The summed E-state index contributed by atoms with van der Waals surface area (Å²) in [5.74, 6) is 1.21. The molecule has 3 aromatic rings. The van der Waals surface area contributed by atoms with Crippen molar-refractivity contribution in [3.05, 3.63) is 47.9 Å². The molecule has 1 N–H and O–H groups in total. The lowest BCUT2D eigenvalue weighted by Crippen LogP contribution is -2.25. The Morgan fingerprint density at radius 1 is 1.28 bits per heavy atom. The first-order valence-electron chi connectivity index (χ1n) is 9.93. The van der Waals surface area contributed by atoms with Crippen LogP contribution in [0.1, 0.15) is 30.5 Å². The number of rotatable bonds is 7. The molecule has 1 aromatic carbocycles. The van der Waals surface area contributed by atoms with Gasteiger partial charge in [0.15, 0.2) is 5.65 Å². The Hall–Kier alpha value is -3.00. The number of fused-ring (bicyclic) bond motifs is 1. The smallest absolute Gasteiger partial charge is 0.219 e. The summed E-state index contributed by atoms with van der Waals surface area (Å²) in [5, 5.41) is 8.28. The van der Waals surface area contributed by atoms with Crippen LogP contribution < -0.4 is 10.1 Å². The fourth-order valence-electron chi connectivity index (χ4n) is 3.88. The van der Waals surface area contributed by atoms with Crippen molar-refractivity contribution in [2.75, 3.05) is 26.7 Å². The van der Waals surface area contributed by atoms with Gasteiger partial charge in [-0.15, -0.1) is 0 Å². The molecular weight excluding hydrogens is 368 g/mol. The second-order valence-corrected chi connectivity index (χ2v) is 7.28. The average molecular weight is 394 g/mol. The third kappa shape index (κ3) is 4.07. The van der Waals surface area contributed by atoms with E-state index in [4.69, 9.17) is 9.84 Å². The standard InChI is InChI=1S/C21H26N6O2/c1-15(28)26-11-7-17(14-26)19-20-21(24-9-8-23-20)27(25-19)12-10-22-13-16-5-3-4-6-18(16)29-2/h3-6,8-9,17,22H,7,10-14H2,1-2H3/t17-/m1/s1. The third-order valence-electron chi connectivity index (χ3n) is 5.42. The Balaban J connectivity index is 1.45. The van der Waals surface area contributed by atoms with E-state index >= 15 is 0 Å². The first kappa shape index (κ1) is 19.3. The predicted octanol–water partition coefficient (Wildman–Crippen LogP) is 1.96. The molecular formula is C21H26N6O2. The van der Waals surface area contributed by atoms with E-state index in [1.807, 2.05) is 27.8 Å². The molecule has 0 aliphatic carbocycles. The molecule has 8 heteroatoms. The topological polar surface area (TPSA) is 85.2 Å².